The van der Waals surface area contributed by atoms with Gasteiger partial charge in [-0.2, -0.15) is 4.98 Å². The van der Waals surface area contributed by atoms with Crippen LogP contribution in [0.1, 0.15) is 39.4 Å². The lowest BCUT2D eigenvalue weighted by molar-refractivity contribution is 0.0489. The van der Waals surface area contributed by atoms with Crippen LogP contribution in [-0.4, -0.2) is 29.8 Å². The monoisotopic (exact) mass is 280 g/mol. The maximum atomic E-state index is 5.82. The number of ether oxygens (including phenoxy) is 2. The molecule has 112 valence electrons. The Kier molecular flexibility index (Phi) is 4.77. The quantitative estimate of drug-likeness (QED) is 0.647. The number of rotatable bonds is 4. The summed E-state index contributed by atoms with van der Waals surface area (Å²) in [7, 11) is 0. The number of hydrazine groups is 1. The zero-order valence-electron chi connectivity index (χ0n) is 12.5. The van der Waals surface area contributed by atoms with Crippen molar-refractivity contribution >= 4 is 5.82 Å². The molecule has 1 saturated heterocycles. The summed E-state index contributed by atoms with van der Waals surface area (Å²) in [6, 6.07) is 1.73. The minimum Gasteiger partial charge on any atom is -0.477 e. The van der Waals surface area contributed by atoms with Crippen LogP contribution in [0.2, 0.25) is 0 Å². The minimum atomic E-state index is -0.149. The number of hydrogen-bond donors (Lipinski definition) is 2. The predicted molar refractivity (Wildman–Crippen MR) is 77.6 cm³/mol. The molecule has 0 radical (unpaired) electrons. The molecular formula is C14H24N4O2. The van der Waals surface area contributed by atoms with Gasteiger partial charge in [0.05, 0.1) is 6.61 Å². The van der Waals surface area contributed by atoms with E-state index in [1.54, 1.807) is 6.07 Å². The molecule has 2 rings (SSSR count). The first kappa shape index (κ1) is 15.0. The molecule has 6 nitrogen and oxygen atoms in total. The van der Waals surface area contributed by atoms with E-state index in [4.69, 9.17) is 15.3 Å². The SMILES string of the molecule is CC(C)(C)c1nc(NN)cc(OCC2CCOCC2)n1. The second kappa shape index (κ2) is 6.37. The third-order valence-electron chi connectivity index (χ3n) is 3.33. The number of nitrogens with one attached hydrogen (secondary N) is 1. The molecule has 1 fully saturated rings. The molecule has 0 amide bonds. The van der Waals surface area contributed by atoms with Crippen LogP contribution in [0.3, 0.4) is 0 Å². The van der Waals surface area contributed by atoms with E-state index < -0.39 is 0 Å². The Morgan fingerprint density at radius 2 is 2.05 bits per heavy atom. The molecule has 1 aromatic rings. The Morgan fingerprint density at radius 1 is 1.35 bits per heavy atom. The fourth-order valence-corrected chi connectivity index (χ4v) is 2.02. The van der Waals surface area contributed by atoms with Crippen molar-refractivity contribution in [2.45, 2.75) is 39.0 Å². The van der Waals surface area contributed by atoms with Gasteiger partial charge >= 0.3 is 0 Å². The van der Waals surface area contributed by atoms with Crippen LogP contribution in [-0.2, 0) is 10.2 Å². The summed E-state index contributed by atoms with van der Waals surface area (Å²) >= 11 is 0. The van der Waals surface area contributed by atoms with E-state index in [9.17, 15) is 0 Å². The Balaban J connectivity index is 2.06. The summed E-state index contributed by atoms with van der Waals surface area (Å²) in [4.78, 5) is 8.85. The van der Waals surface area contributed by atoms with Crippen molar-refractivity contribution in [2.75, 3.05) is 25.2 Å². The molecule has 1 aliphatic rings. The van der Waals surface area contributed by atoms with Gasteiger partial charge in [0.15, 0.2) is 0 Å². The van der Waals surface area contributed by atoms with Crippen LogP contribution in [0.25, 0.3) is 0 Å². The molecule has 0 bridgehead atoms. The van der Waals surface area contributed by atoms with Gasteiger partial charge < -0.3 is 14.9 Å². The summed E-state index contributed by atoms with van der Waals surface area (Å²) in [6.07, 6.45) is 2.08. The molecule has 1 aromatic heterocycles. The normalized spacial score (nSPS) is 17.0. The molecule has 20 heavy (non-hydrogen) atoms. The maximum Gasteiger partial charge on any atom is 0.218 e. The van der Waals surface area contributed by atoms with E-state index in [1.165, 1.54) is 0 Å². The average Bonchev–Trinajstić information content (AvgIpc) is 2.45. The van der Waals surface area contributed by atoms with Gasteiger partial charge in [0.2, 0.25) is 5.88 Å². The minimum absolute atomic E-state index is 0.149. The molecule has 1 aliphatic heterocycles. The topological polar surface area (TPSA) is 82.3 Å². The third-order valence-corrected chi connectivity index (χ3v) is 3.33. The molecule has 0 saturated carbocycles. The van der Waals surface area contributed by atoms with Gasteiger partial charge in [0, 0.05) is 24.7 Å². The third kappa shape index (κ3) is 4.05. The van der Waals surface area contributed by atoms with Crippen LogP contribution >= 0.6 is 0 Å². The molecular weight excluding hydrogens is 256 g/mol. The Bertz CT molecular complexity index is 439. The lowest BCUT2D eigenvalue weighted by Crippen LogP contribution is -2.23. The van der Waals surface area contributed by atoms with Crippen molar-refractivity contribution in [3.63, 3.8) is 0 Å². The zero-order valence-corrected chi connectivity index (χ0v) is 12.5. The number of nitrogens with two attached hydrogens (primary N) is 1. The highest BCUT2D eigenvalue weighted by Gasteiger charge is 2.20. The smallest absolute Gasteiger partial charge is 0.218 e. The molecule has 0 atom stereocenters. The van der Waals surface area contributed by atoms with Crippen LogP contribution in [0.5, 0.6) is 5.88 Å². The maximum absolute atomic E-state index is 5.82. The van der Waals surface area contributed by atoms with Gasteiger partial charge in [-0.1, -0.05) is 20.8 Å². The number of hydrogen-bond acceptors (Lipinski definition) is 6. The molecule has 0 aliphatic carbocycles. The number of nitrogens with zero attached hydrogens (tertiary/aromatic N) is 2. The first-order chi connectivity index (χ1) is 9.49. The van der Waals surface area contributed by atoms with Gasteiger partial charge in [-0.25, -0.2) is 10.8 Å². The van der Waals surface area contributed by atoms with Crippen LogP contribution in [0.15, 0.2) is 6.07 Å². The predicted octanol–water partition coefficient (Wildman–Crippen LogP) is 1.87. The highest BCUT2D eigenvalue weighted by molar-refractivity contribution is 5.37. The molecule has 6 heteroatoms. The second-order valence-corrected chi connectivity index (χ2v) is 6.18. The largest absolute Gasteiger partial charge is 0.477 e. The van der Waals surface area contributed by atoms with Crippen molar-refractivity contribution in [2.24, 2.45) is 11.8 Å². The van der Waals surface area contributed by atoms with Gasteiger partial charge in [-0.3, -0.25) is 0 Å². The molecule has 0 aromatic carbocycles. The molecule has 0 unspecified atom stereocenters. The van der Waals surface area contributed by atoms with Gasteiger partial charge in [-0.05, 0) is 18.8 Å². The lowest BCUT2D eigenvalue weighted by Gasteiger charge is -2.23. The van der Waals surface area contributed by atoms with E-state index in [2.05, 4.69) is 36.2 Å². The van der Waals surface area contributed by atoms with Crippen molar-refractivity contribution in [1.82, 2.24) is 9.97 Å². The molecule has 0 spiro atoms. The highest BCUT2D eigenvalue weighted by Crippen LogP contribution is 2.24. The summed E-state index contributed by atoms with van der Waals surface area (Å²) in [6.45, 7) is 8.48. The molecule has 2 heterocycles. The molecule has 3 N–H and O–H groups in total. The Hall–Kier alpha value is -1.40. The van der Waals surface area contributed by atoms with Gasteiger partial charge in [-0.15, -0.1) is 0 Å². The van der Waals surface area contributed by atoms with E-state index >= 15 is 0 Å². The van der Waals surface area contributed by atoms with E-state index in [0.717, 1.165) is 31.9 Å². The van der Waals surface area contributed by atoms with Crippen molar-refractivity contribution in [3.8, 4) is 5.88 Å². The van der Waals surface area contributed by atoms with Crippen LogP contribution in [0.4, 0.5) is 5.82 Å². The van der Waals surface area contributed by atoms with Gasteiger partial charge in [0.1, 0.15) is 11.6 Å². The average molecular weight is 280 g/mol. The van der Waals surface area contributed by atoms with Crippen molar-refractivity contribution in [1.29, 1.82) is 0 Å². The number of anilines is 1. The van der Waals surface area contributed by atoms with E-state index in [0.29, 0.717) is 24.2 Å². The Labute approximate surface area is 120 Å². The first-order valence-corrected chi connectivity index (χ1v) is 7.06. The van der Waals surface area contributed by atoms with E-state index in [1.807, 2.05) is 0 Å². The summed E-state index contributed by atoms with van der Waals surface area (Å²) in [5.74, 6) is 7.86. The highest BCUT2D eigenvalue weighted by atomic mass is 16.5. The fraction of sp³-hybridized carbons (Fsp3) is 0.714. The zero-order chi connectivity index (χ0) is 14.6. The van der Waals surface area contributed by atoms with Crippen LogP contribution in [0, 0.1) is 5.92 Å². The van der Waals surface area contributed by atoms with Gasteiger partial charge in [0.25, 0.3) is 0 Å². The number of nitrogen functional groups attached to an aromatic ring is 1. The standard InChI is InChI=1S/C14H24N4O2/c1-14(2,3)13-16-11(18-15)8-12(17-13)20-9-10-4-6-19-7-5-10/h8,10H,4-7,9,15H2,1-3H3,(H,16,17,18). The summed E-state index contributed by atoms with van der Waals surface area (Å²) in [5.41, 5.74) is 2.42. The first-order valence-electron chi connectivity index (χ1n) is 7.06. The Morgan fingerprint density at radius 3 is 2.65 bits per heavy atom. The van der Waals surface area contributed by atoms with E-state index in [-0.39, 0.29) is 5.41 Å². The summed E-state index contributed by atoms with van der Waals surface area (Å²) in [5, 5.41) is 0. The fourth-order valence-electron chi connectivity index (χ4n) is 2.02. The second-order valence-electron chi connectivity index (χ2n) is 6.18. The lowest BCUT2D eigenvalue weighted by atomic mass is 9.96. The summed E-state index contributed by atoms with van der Waals surface area (Å²) < 4.78 is 11.2. The number of aromatic nitrogens is 2. The van der Waals surface area contributed by atoms with Crippen molar-refractivity contribution < 1.29 is 9.47 Å². The van der Waals surface area contributed by atoms with Crippen LogP contribution < -0.4 is 16.0 Å². The van der Waals surface area contributed by atoms with Crippen molar-refractivity contribution in [3.05, 3.63) is 11.9 Å².